The highest BCUT2D eigenvalue weighted by Crippen LogP contribution is 2.18. The molecule has 0 aromatic heterocycles. The minimum Gasteiger partial charge on any atom is -0.269 e. The normalized spacial score (nSPS) is 11.8. The standard InChI is InChI=1S/C6H10ClN.C6H11NO3S/c1-6(2,5-8)3-4-7;1-6(2,4-7)5-10-11(3,8)9/h3-4H2,1-2H3;5H2,1-3H3. The van der Waals surface area contributed by atoms with E-state index in [-0.39, 0.29) is 12.0 Å². The molecule has 0 aliphatic heterocycles. The van der Waals surface area contributed by atoms with E-state index in [0.29, 0.717) is 5.88 Å². The number of hydrogen-bond acceptors (Lipinski definition) is 5. The van der Waals surface area contributed by atoms with Gasteiger partial charge in [-0.3, -0.25) is 4.18 Å². The minimum atomic E-state index is -3.42. The van der Waals surface area contributed by atoms with E-state index >= 15 is 0 Å². The van der Waals surface area contributed by atoms with Gasteiger partial charge in [-0.1, -0.05) is 0 Å². The van der Waals surface area contributed by atoms with Gasteiger partial charge in [0.25, 0.3) is 10.1 Å². The molecule has 0 fully saturated rings. The highest BCUT2D eigenvalue weighted by Gasteiger charge is 2.19. The molecular formula is C12H21ClN2O3S. The third kappa shape index (κ3) is 15.1. The van der Waals surface area contributed by atoms with Crippen molar-refractivity contribution in [3.05, 3.63) is 0 Å². The Kier molecular flexibility index (Phi) is 9.03. The molecule has 0 rings (SSSR count). The van der Waals surface area contributed by atoms with Crippen molar-refractivity contribution in [2.24, 2.45) is 10.8 Å². The van der Waals surface area contributed by atoms with Gasteiger partial charge in [0, 0.05) is 5.88 Å². The molecule has 0 spiro atoms. The Hall–Kier alpha value is -0.820. The maximum atomic E-state index is 10.5. The fraction of sp³-hybridized carbons (Fsp3) is 0.833. The van der Waals surface area contributed by atoms with Crippen molar-refractivity contribution >= 4 is 21.7 Å². The van der Waals surface area contributed by atoms with Crippen LogP contribution in [0.1, 0.15) is 34.1 Å². The summed E-state index contributed by atoms with van der Waals surface area (Å²) in [5, 5.41) is 16.9. The summed E-state index contributed by atoms with van der Waals surface area (Å²) in [6.07, 6.45) is 1.73. The van der Waals surface area contributed by atoms with E-state index in [9.17, 15) is 8.42 Å². The van der Waals surface area contributed by atoms with Crippen LogP contribution >= 0.6 is 11.6 Å². The summed E-state index contributed by atoms with van der Waals surface area (Å²) in [5.74, 6) is 0.570. The zero-order valence-corrected chi connectivity index (χ0v) is 13.6. The molecule has 0 aliphatic carbocycles. The van der Waals surface area contributed by atoms with Crippen LogP contribution in [0.25, 0.3) is 0 Å². The molecule has 0 unspecified atom stereocenters. The average molecular weight is 309 g/mol. The summed E-state index contributed by atoms with van der Waals surface area (Å²) >= 11 is 5.41. The van der Waals surface area contributed by atoms with E-state index in [2.05, 4.69) is 10.3 Å². The van der Waals surface area contributed by atoms with Gasteiger partial charge in [0.15, 0.2) is 0 Å². The van der Waals surface area contributed by atoms with Gasteiger partial charge < -0.3 is 0 Å². The first-order chi connectivity index (χ1) is 8.39. The van der Waals surface area contributed by atoms with Crippen molar-refractivity contribution < 1.29 is 12.6 Å². The van der Waals surface area contributed by atoms with Gasteiger partial charge in [-0.25, -0.2) is 0 Å². The smallest absolute Gasteiger partial charge is 0.264 e. The minimum absolute atomic E-state index is 0.0949. The summed E-state index contributed by atoms with van der Waals surface area (Å²) in [6.45, 7) is 6.89. The lowest BCUT2D eigenvalue weighted by Crippen LogP contribution is -2.19. The van der Waals surface area contributed by atoms with Crippen molar-refractivity contribution in [1.29, 1.82) is 10.5 Å². The summed E-state index contributed by atoms with van der Waals surface area (Å²) in [5.41, 5.74) is -0.981. The molecular weight excluding hydrogens is 288 g/mol. The average Bonchev–Trinajstić information content (AvgIpc) is 2.27. The van der Waals surface area contributed by atoms with Crippen LogP contribution < -0.4 is 0 Å². The fourth-order valence-electron chi connectivity index (χ4n) is 0.579. The quantitative estimate of drug-likeness (QED) is 0.575. The van der Waals surface area contributed by atoms with E-state index in [1.807, 2.05) is 19.9 Å². The maximum Gasteiger partial charge on any atom is 0.264 e. The molecule has 0 aliphatic rings. The molecule has 0 saturated heterocycles. The SMILES string of the molecule is CC(C)(C#N)CCCl.CC(C)(C#N)COS(C)(=O)=O. The Balaban J connectivity index is 0. The lowest BCUT2D eigenvalue weighted by molar-refractivity contribution is 0.235. The van der Waals surface area contributed by atoms with Crippen molar-refractivity contribution in [1.82, 2.24) is 0 Å². The van der Waals surface area contributed by atoms with Gasteiger partial charge in [0.2, 0.25) is 0 Å². The van der Waals surface area contributed by atoms with Crippen LogP contribution in [0.4, 0.5) is 0 Å². The number of hydrogen-bond donors (Lipinski definition) is 0. The van der Waals surface area contributed by atoms with E-state index in [4.69, 9.17) is 22.1 Å². The van der Waals surface area contributed by atoms with Gasteiger partial charge in [0.1, 0.15) is 0 Å². The topological polar surface area (TPSA) is 90.9 Å². The zero-order valence-electron chi connectivity index (χ0n) is 12.0. The maximum absolute atomic E-state index is 10.5. The predicted octanol–water partition coefficient (Wildman–Crippen LogP) is 2.68. The van der Waals surface area contributed by atoms with Crippen LogP contribution in [-0.4, -0.2) is 27.2 Å². The van der Waals surface area contributed by atoms with Crippen LogP contribution in [0.15, 0.2) is 0 Å². The van der Waals surface area contributed by atoms with E-state index in [1.54, 1.807) is 13.8 Å². The van der Waals surface area contributed by atoms with Crippen LogP contribution in [0.2, 0.25) is 0 Å². The van der Waals surface area contributed by atoms with E-state index < -0.39 is 15.5 Å². The van der Waals surface area contributed by atoms with Crippen LogP contribution in [0.3, 0.4) is 0 Å². The molecule has 0 N–H and O–H groups in total. The molecule has 19 heavy (non-hydrogen) atoms. The number of nitriles is 2. The van der Waals surface area contributed by atoms with Crippen molar-refractivity contribution in [2.45, 2.75) is 34.1 Å². The summed E-state index contributed by atoms with van der Waals surface area (Å²) in [4.78, 5) is 0. The second-order valence-corrected chi connectivity index (χ2v) is 7.42. The van der Waals surface area contributed by atoms with E-state index in [1.165, 1.54) is 0 Å². The van der Waals surface area contributed by atoms with Crippen LogP contribution in [0.5, 0.6) is 0 Å². The van der Waals surface area contributed by atoms with Crippen molar-refractivity contribution in [2.75, 3.05) is 18.7 Å². The first-order valence-electron chi connectivity index (χ1n) is 5.62. The molecule has 0 aromatic carbocycles. The number of nitrogens with zero attached hydrogens (tertiary/aromatic N) is 2. The van der Waals surface area contributed by atoms with Crippen molar-refractivity contribution in [3.8, 4) is 12.1 Å². The number of halogens is 1. The molecule has 0 heterocycles. The highest BCUT2D eigenvalue weighted by atomic mass is 35.5. The third-order valence-electron chi connectivity index (χ3n) is 1.96. The van der Waals surface area contributed by atoms with E-state index in [0.717, 1.165) is 12.7 Å². The number of alkyl halides is 1. The molecule has 0 saturated carbocycles. The largest absolute Gasteiger partial charge is 0.269 e. The summed E-state index contributed by atoms with van der Waals surface area (Å²) < 4.78 is 25.4. The molecule has 110 valence electrons. The monoisotopic (exact) mass is 308 g/mol. The van der Waals surface area contributed by atoms with Gasteiger partial charge in [-0.15, -0.1) is 11.6 Å². The molecule has 7 heteroatoms. The second-order valence-electron chi connectivity index (χ2n) is 5.40. The van der Waals surface area contributed by atoms with Gasteiger partial charge in [-0.2, -0.15) is 18.9 Å². The Morgan fingerprint density at radius 2 is 1.53 bits per heavy atom. The molecule has 5 nitrogen and oxygen atoms in total. The molecule has 0 atom stereocenters. The lowest BCUT2D eigenvalue weighted by atomic mass is 9.93. The van der Waals surface area contributed by atoms with Crippen molar-refractivity contribution in [3.63, 3.8) is 0 Å². The predicted molar refractivity (Wildman–Crippen MR) is 74.9 cm³/mol. The van der Waals surface area contributed by atoms with Crippen LogP contribution in [-0.2, 0) is 14.3 Å². The zero-order chi connectivity index (χ0) is 15.7. The molecule has 0 radical (unpaired) electrons. The first kappa shape index (κ1) is 20.5. The third-order valence-corrected chi connectivity index (χ3v) is 2.69. The highest BCUT2D eigenvalue weighted by molar-refractivity contribution is 7.85. The van der Waals surface area contributed by atoms with Gasteiger partial charge in [0.05, 0.1) is 35.8 Å². The molecule has 0 aromatic rings. The fourth-order valence-corrected chi connectivity index (χ4v) is 1.56. The van der Waals surface area contributed by atoms with Gasteiger partial charge >= 0.3 is 0 Å². The molecule has 0 amide bonds. The second kappa shape index (κ2) is 8.37. The lowest BCUT2D eigenvalue weighted by Gasteiger charge is -2.12. The Morgan fingerprint density at radius 3 is 1.74 bits per heavy atom. The Bertz CT molecular complexity index is 445. The Labute approximate surface area is 121 Å². The van der Waals surface area contributed by atoms with Gasteiger partial charge in [-0.05, 0) is 34.1 Å². The number of rotatable bonds is 5. The first-order valence-corrected chi connectivity index (χ1v) is 7.97. The van der Waals surface area contributed by atoms with Crippen LogP contribution in [0, 0.1) is 33.5 Å². The molecule has 0 bridgehead atoms. The summed E-state index contributed by atoms with van der Waals surface area (Å²) in [7, 11) is -3.42. The Morgan fingerprint density at radius 1 is 1.11 bits per heavy atom. The summed E-state index contributed by atoms with van der Waals surface area (Å²) in [6, 6.07) is 4.08.